The smallest absolute Gasteiger partial charge is 0.303 e. The van der Waals surface area contributed by atoms with Crippen molar-refractivity contribution >= 4 is 23.3 Å². The van der Waals surface area contributed by atoms with Crippen molar-refractivity contribution in [2.75, 3.05) is 0 Å². The maximum atomic E-state index is 11.8. The highest BCUT2D eigenvalue weighted by atomic mass is 16.4. The predicted molar refractivity (Wildman–Crippen MR) is 438 cm³/mol. The fraction of sp³-hybridized carbons (Fsp3) is 0.960. The Morgan fingerprint density at radius 3 is 0.991 bits per heavy atom. The molecule has 0 bridgehead atoms. The molecule has 0 aliphatic heterocycles. The van der Waals surface area contributed by atoms with Crippen LogP contribution in [0.3, 0.4) is 0 Å². The number of hydrogen-bond acceptors (Lipinski definition) is 8. The highest BCUT2D eigenvalue weighted by molar-refractivity contribution is 5.76. The van der Waals surface area contributed by atoms with E-state index in [-0.39, 0.29) is 107 Å². The Morgan fingerprint density at radius 2 is 0.630 bits per heavy atom. The monoisotopic (exact) mass is 1520 g/mol. The molecule has 0 aromatic heterocycles. The minimum absolute atomic E-state index is 0.00737. The quantitative estimate of drug-likeness (QED) is 0.101. The van der Waals surface area contributed by atoms with Crippen LogP contribution in [0.5, 0.6) is 0 Å². The predicted octanol–water partition coefficient (Wildman–Crippen LogP) is 23.5. The molecule has 16 rings (SSSR count). The summed E-state index contributed by atoms with van der Waals surface area (Å²) in [6.07, 6.45) is 10.6. The van der Waals surface area contributed by atoms with Crippen LogP contribution < -0.4 is 0 Å². The molecule has 16 saturated carbocycles. The maximum absolute atomic E-state index is 11.8. The van der Waals surface area contributed by atoms with Gasteiger partial charge < -0.3 is 39.9 Å². The Morgan fingerprint density at radius 1 is 0.333 bits per heavy atom. The van der Waals surface area contributed by atoms with Crippen molar-refractivity contribution in [1.82, 2.24) is 0 Å². The first kappa shape index (κ1) is 63.5. The molecule has 16 aliphatic rings. The van der Waals surface area contributed by atoms with Gasteiger partial charge in [-0.2, -0.15) is 0 Å². The number of aliphatic hydroxyl groups excluding tert-OH is 2. The Bertz CT molecular complexity index is 3970. The van der Waals surface area contributed by atoms with E-state index in [0.717, 1.165) is 120 Å². The van der Waals surface area contributed by atoms with Gasteiger partial charge in [0.15, 0.2) is 0 Å². The van der Waals surface area contributed by atoms with Crippen molar-refractivity contribution in [2.45, 2.75) is 410 Å². The maximum Gasteiger partial charge on any atom is 0.303 e. The summed E-state index contributed by atoms with van der Waals surface area (Å²) < 4.78 is 150. The van der Waals surface area contributed by atoms with Crippen LogP contribution in [0.4, 0.5) is 0 Å². The van der Waals surface area contributed by atoms with E-state index in [9.17, 15) is 44.7 Å². The minimum Gasteiger partial charge on any atom is -0.481 e. The number of rotatable bonds is 16. The number of fused-ring (bicyclic) bond motifs is 20. The molecule has 0 saturated heterocycles. The average molecular weight is 1520 g/mol. The minimum atomic E-state index is -2.76. The van der Waals surface area contributed by atoms with Gasteiger partial charge in [-0.1, -0.05) is 83.1 Å². The highest BCUT2D eigenvalue weighted by Gasteiger charge is 2.66. The molecule has 5 N–H and O–H groups in total. The number of carboxylic acid groups (broad SMARTS) is 1. The van der Waals surface area contributed by atoms with Crippen LogP contribution in [-0.2, 0) is 19.2 Å². The lowest BCUT2D eigenvalue weighted by atomic mass is 9.44. The van der Waals surface area contributed by atoms with E-state index in [4.69, 9.17) is 24.7 Å². The second-order valence-electron chi connectivity index (χ2n) is 43.2. The molecule has 616 valence electrons. The number of aliphatic hydroxyl groups is 4. The van der Waals surface area contributed by atoms with Crippen LogP contribution in [-0.4, -0.2) is 73.2 Å². The van der Waals surface area contributed by atoms with Gasteiger partial charge in [-0.05, 0) is 463 Å². The number of Topliss-reactive ketones (excluding diaryl/α,β-unsaturated/α-hetero) is 3. The molecular weight excluding hydrogens is 1330 g/mol. The molecule has 0 radical (unpaired) electrons. The first-order valence-electron chi connectivity index (χ1n) is 54.2. The normalized spacial score (nSPS) is 56.6. The lowest BCUT2D eigenvalue weighted by molar-refractivity contribution is -0.138. The van der Waals surface area contributed by atoms with Crippen LogP contribution >= 0.6 is 0 Å². The van der Waals surface area contributed by atoms with Gasteiger partial charge >= 0.3 is 5.97 Å². The van der Waals surface area contributed by atoms with Gasteiger partial charge in [0, 0.05) is 47.4 Å². The van der Waals surface area contributed by atoms with Crippen LogP contribution in [0, 0.1) is 185 Å². The van der Waals surface area contributed by atoms with E-state index in [2.05, 4.69) is 76.2 Å². The third-order valence-electron chi connectivity index (χ3n) is 38.5. The third-order valence-corrected chi connectivity index (χ3v) is 38.5. The van der Waals surface area contributed by atoms with Gasteiger partial charge in [0.2, 0.25) is 0 Å². The molecule has 0 aromatic rings. The van der Waals surface area contributed by atoms with Gasteiger partial charge in [-0.25, -0.2) is 0 Å². The first-order chi connectivity index (χ1) is 57.6. The number of hydrogen-bond donors (Lipinski definition) is 5. The van der Waals surface area contributed by atoms with Gasteiger partial charge in [0.1, 0.15) is 17.3 Å². The molecule has 0 heterocycles. The van der Waals surface area contributed by atoms with E-state index in [1.54, 1.807) is 0 Å². The summed E-state index contributed by atoms with van der Waals surface area (Å²) in [5.41, 5.74) is 0.199. The van der Waals surface area contributed by atoms with Gasteiger partial charge in [-0.3, -0.25) is 4.79 Å². The molecule has 0 amide bonds. The Balaban J connectivity index is 0.000000144. The van der Waals surface area contributed by atoms with Gasteiger partial charge in [0.25, 0.3) is 0 Å². The van der Waals surface area contributed by atoms with Crippen molar-refractivity contribution in [2.24, 2.45) is 185 Å². The van der Waals surface area contributed by atoms with Crippen LogP contribution in [0.15, 0.2) is 0 Å². The summed E-state index contributed by atoms with van der Waals surface area (Å²) in [5.74, 6) is 6.50. The largest absolute Gasteiger partial charge is 0.481 e. The van der Waals surface area contributed by atoms with E-state index in [1.807, 2.05) is 6.92 Å². The fourth-order valence-electron chi connectivity index (χ4n) is 32.9. The lowest BCUT2D eigenvalue weighted by Gasteiger charge is -2.61. The van der Waals surface area contributed by atoms with E-state index in [0.29, 0.717) is 120 Å². The SMILES string of the molecule is [2H]C([2H])(C[C@@H](C)[C@H]1CC[C@H]2[C@@H]3CC[C@H]4C([2H])([2H])[C@@H](O)C([2H])([2H])C[C@]4(C)[C@H]3CC[C@]12C)C(C)=O.[2H]C([2H])(C[C@@H](C)[C@H]1CC[C@H]2[C@@H]3CC[C@H]4C([2H])([2H])[C@@]([2H])(O)C([2H])([2H])C[C@]4(C)[C@H]3CC[C@]12C)C(C)=O.[2H]C([2H])(C[C@@H](C)[C@H]1CC[C@H]2[C@@H]3CC[C@H]4C[C@@H](O)CC[C@]4(C)[C@H]3CC[C@]12C)C(C)=O.[2H]C([2H])(C[C@@H](C)[C@H]1CC[C@H]2[C@@H]3CC[C@H]4C[C@@]([2H])(O)CC[C@]4(C)[C@H]3CC[C@]12C)C(=O)O. The van der Waals surface area contributed by atoms with Gasteiger partial charge in [0.05, 0.1) is 27.1 Å². The average Bonchev–Trinajstić information content (AvgIpc) is 0.919. The molecule has 108 heavy (non-hydrogen) atoms. The zero-order chi connectivity index (χ0) is 93.8. The fourth-order valence-corrected chi connectivity index (χ4v) is 32.9. The summed E-state index contributed by atoms with van der Waals surface area (Å²) in [5, 5.41) is 51.0. The number of aliphatic carboxylic acids is 1. The van der Waals surface area contributed by atoms with E-state index >= 15 is 0 Å². The topological polar surface area (TPSA) is 169 Å². The lowest BCUT2D eigenvalue weighted by Crippen LogP contribution is -2.54. The third kappa shape index (κ3) is 15.7. The number of ketones is 3. The summed E-state index contributed by atoms with van der Waals surface area (Å²) in [6.45, 7) is 31.2. The van der Waals surface area contributed by atoms with Crippen molar-refractivity contribution in [3.8, 4) is 0 Å². The Kier molecular flexibility index (Phi) is 19.4. The van der Waals surface area contributed by atoms with E-state index in [1.165, 1.54) is 85.0 Å². The zero-order valence-electron chi connectivity index (χ0n) is 88.3. The van der Waals surface area contributed by atoms with Crippen molar-refractivity contribution in [3.05, 3.63) is 0 Å². The Labute approximate surface area is 685 Å². The second-order valence-corrected chi connectivity index (χ2v) is 43.2. The van der Waals surface area contributed by atoms with Gasteiger partial charge in [-0.15, -0.1) is 0 Å². The van der Waals surface area contributed by atoms with Crippen molar-refractivity contribution in [3.63, 3.8) is 0 Å². The number of carbonyl (C=O) groups is 4. The summed E-state index contributed by atoms with van der Waals surface area (Å²) in [4.78, 5) is 46.7. The molecule has 16 fully saturated rings. The molecule has 9 heteroatoms. The summed E-state index contributed by atoms with van der Waals surface area (Å²) in [6, 6.07) is 0. The molecule has 0 aromatic carbocycles. The standard InChI is InChI=1S/3C25H42O2.C24H40O3/c3*1-16(5-6-17(2)26)21-9-10-22-20-8-7-18-15-19(27)11-13-24(18,3)23(20)12-14-25(21,22)4;1-15(4-9-22(26)27)19-7-8-20-18-6-5-16-14-17(25)10-12-23(16,2)21(18)11-13-24(19,20)3/h3*16,18-23,27H,5-15H2,1-4H3;15-21,25H,4-14H2,1-3H3,(H,26,27)/t3*16-,18+,19+,20+,21-,22+,23+,24+,25-;15-,16+,17+,18+,19-,20+,21+,23+,24-/m1111/s1/i6D2,11D2,15D2,19D;6D2,11D2,15D2;6D2;9D2,17D. The first-order valence-corrected chi connectivity index (χ1v) is 45.2. The van der Waals surface area contributed by atoms with Crippen LogP contribution in [0.1, 0.15) is 411 Å². The van der Waals surface area contributed by atoms with Crippen molar-refractivity contribution in [1.29, 1.82) is 0 Å². The number of carboxylic acids is 1. The molecule has 0 spiro atoms. The Hall–Kier alpha value is -1.68. The molecule has 36 atom stereocenters. The molecule has 0 unspecified atom stereocenters. The zero-order valence-corrected chi connectivity index (χ0v) is 70.3. The second kappa shape index (κ2) is 33.0. The molecule has 16 aliphatic carbocycles. The van der Waals surface area contributed by atoms with Crippen LogP contribution in [0.25, 0.3) is 0 Å². The highest BCUT2D eigenvalue weighted by Crippen LogP contribution is 2.74. The molecular formula is C99H166O9. The van der Waals surface area contributed by atoms with Crippen LogP contribution in [0.2, 0.25) is 0 Å². The number of carbonyl (C=O) groups excluding carboxylic acids is 3. The van der Waals surface area contributed by atoms with Crippen molar-refractivity contribution < 1.29 is 69.4 Å². The summed E-state index contributed by atoms with van der Waals surface area (Å²) >= 11 is 0. The van der Waals surface area contributed by atoms with E-state index < -0.39 is 104 Å². The molecule has 9 nitrogen and oxygen atoms in total. The summed E-state index contributed by atoms with van der Waals surface area (Å²) in [7, 11) is 0.